The number of ether oxygens (including phenoxy) is 1. The summed E-state index contributed by atoms with van der Waals surface area (Å²) in [5.74, 6) is -0.813. The lowest BCUT2D eigenvalue weighted by atomic mass is 10.0. The van der Waals surface area contributed by atoms with E-state index in [0.717, 1.165) is 38.5 Å². The van der Waals surface area contributed by atoms with Gasteiger partial charge in [-0.1, -0.05) is 103 Å². The summed E-state index contributed by atoms with van der Waals surface area (Å²) in [6.07, 6.45) is 30.8. The van der Waals surface area contributed by atoms with Gasteiger partial charge in [-0.25, -0.2) is 0 Å². The highest BCUT2D eigenvalue weighted by atomic mass is 16.5. The van der Waals surface area contributed by atoms with E-state index in [1.165, 1.54) is 96.3 Å². The van der Waals surface area contributed by atoms with Gasteiger partial charge in [-0.05, 0) is 64.2 Å². The molecule has 0 saturated heterocycles. The third-order valence-corrected chi connectivity index (χ3v) is 6.74. The molecular formula is C31H58O4. The van der Waals surface area contributed by atoms with Crippen molar-refractivity contribution in [1.29, 1.82) is 0 Å². The molecule has 0 spiro atoms. The van der Waals surface area contributed by atoms with Gasteiger partial charge in [0.1, 0.15) is 6.10 Å². The molecule has 206 valence electrons. The Balaban J connectivity index is 3.85. The molecular weight excluding hydrogens is 436 g/mol. The van der Waals surface area contributed by atoms with E-state index in [9.17, 15) is 9.59 Å². The number of carboxylic acids is 1. The average molecular weight is 495 g/mol. The monoisotopic (exact) mass is 494 g/mol. The second-order valence-electron chi connectivity index (χ2n) is 10.3. The van der Waals surface area contributed by atoms with E-state index in [2.05, 4.69) is 26.0 Å². The molecule has 0 bridgehead atoms. The van der Waals surface area contributed by atoms with Crippen LogP contribution in [0.1, 0.15) is 168 Å². The van der Waals surface area contributed by atoms with E-state index < -0.39 is 5.97 Å². The lowest BCUT2D eigenvalue weighted by molar-refractivity contribution is -0.150. The number of carboxylic acid groups (broad SMARTS) is 1. The number of hydrogen-bond acceptors (Lipinski definition) is 3. The zero-order chi connectivity index (χ0) is 25.8. The topological polar surface area (TPSA) is 63.6 Å². The second kappa shape index (κ2) is 27.3. The number of esters is 1. The summed E-state index contributed by atoms with van der Waals surface area (Å²) in [6, 6.07) is 0. The first-order chi connectivity index (χ1) is 17.1. The van der Waals surface area contributed by atoms with Gasteiger partial charge in [0.2, 0.25) is 0 Å². The van der Waals surface area contributed by atoms with Crippen LogP contribution in [0.15, 0.2) is 12.2 Å². The minimum absolute atomic E-state index is 0.0397. The van der Waals surface area contributed by atoms with Crippen molar-refractivity contribution in [2.45, 2.75) is 174 Å². The van der Waals surface area contributed by atoms with Gasteiger partial charge in [0.25, 0.3) is 0 Å². The molecule has 4 nitrogen and oxygen atoms in total. The average Bonchev–Trinajstić information content (AvgIpc) is 2.83. The van der Waals surface area contributed by atoms with E-state index in [4.69, 9.17) is 9.84 Å². The van der Waals surface area contributed by atoms with Crippen LogP contribution in [0.3, 0.4) is 0 Å². The van der Waals surface area contributed by atoms with Gasteiger partial charge >= 0.3 is 11.9 Å². The molecule has 0 aromatic carbocycles. The highest BCUT2D eigenvalue weighted by Gasteiger charge is 2.14. The molecule has 0 aliphatic rings. The number of carbonyl (C=O) groups is 2. The van der Waals surface area contributed by atoms with Gasteiger partial charge < -0.3 is 9.84 Å². The molecule has 0 fully saturated rings. The van der Waals surface area contributed by atoms with Crippen molar-refractivity contribution in [1.82, 2.24) is 0 Å². The number of unbranched alkanes of at least 4 members (excludes halogenated alkanes) is 16. The van der Waals surface area contributed by atoms with Crippen LogP contribution in [-0.4, -0.2) is 23.1 Å². The first-order valence-electron chi connectivity index (χ1n) is 15.2. The highest BCUT2D eigenvalue weighted by Crippen LogP contribution is 2.17. The summed E-state index contributed by atoms with van der Waals surface area (Å²) in [6.45, 7) is 4.48. The lowest BCUT2D eigenvalue weighted by Crippen LogP contribution is -2.18. The minimum Gasteiger partial charge on any atom is -0.481 e. The predicted molar refractivity (Wildman–Crippen MR) is 149 cm³/mol. The Bertz CT molecular complexity index is 500. The number of aliphatic carboxylic acids is 1. The van der Waals surface area contributed by atoms with Crippen molar-refractivity contribution in [3.8, 4) is 0 Å². The highest BCUT2D eigenvalue weighted by molar-refractivity contribution is 5.69. The molecule has 0 rings (SSSR count). The van der Waals surface area contributed by atoms with Crippen molar-refractivity contribution in [2.75, 3.05) is 0 Å². The lowest BCUT2D eigenvalue weighted by Gasteiger charge is -2.18. The van der Waals surface area contributed by atoms with Crippen LogP contribution in [0.4, 0.5) is 0 Å². The van der Waals surface area contributed by atoms with Crippen molar-refractivity contribution in [2.24, 2.45) is 0 Å². The fourth-order valence-electron chi connectivity index (χ4n) is 4.47. The smallest absolute Gasteiger partial charge is 0.306 e. The molecule has 0 heterocycles. The van der Waals surface area contributed by atoms with Crippen LogP contribution in [0.2, 0.25) is 0 Å². The maximum atomic E-state index is 12.4. The molecule has 0 aromatic heterocycles. The Morgan fingerprint density at radius 3 is 1.60 bits per heavy atom. The molecule has 0 amide bonds. The van der Waals surface area contributed by atoms with E-state index in [1.54, 1.807) is 0 Å². The minimum atomic E-state index is -0.747. The zero-order valence-corrected chi connectivity index (χ0v) is 23.4. The molecule has 0 aliphatic heterocycles. The molecule has 35 heavy (non-hydrogen) atoms. The Morgan fingerprint density at radius 2 is 1.03 bits per heavy atom. The van der Waals surface area contributed by atoms with Crippen molar-refractivity contribution < 1.29 is 19.4 Å². The number of rotatable bonds is 27. The molecule has 0 radical (unpaired) electrons. The fraction of sp³-hybridized carbons (Fsp3) is 0.871. The third kappa shape index (κ3) is 27.1. The predicted octanol–water partition coefficient (Wildman–Crippen LogP) is 9.94. The van der Waals surface area contributed by atoms with Crippen LogP contribution < -0.4 is 0 Å². The van der Waals surface area contributed by atoms with Gasteiger partial charge in [-0.2, -0.15) is 0 Å². The van der Waals surface area contributed by atoms with Crippen molar-refractivity contribution >= 4 is 11.9 Å². The molecule has 1 unspecified atom stereocenters. The Hall–Kier alpha value is -1.32. The molecule has 0 aromatic rings. The van der Waals surface area contributed by atoms with E-state index in [-0.39, 0.29) is 18.5 Å². The standard InChI is InChI=1S/C31H58O4/c1-3-5-7-9-11-12-13-14-15-16-17-18-20-22-28-31(34)35-29(26-23-24-27-30(32)33)25-21-19-10-8-6-4-2/h12-13,29H,3-11,14-28H2,1-2H3,(H,32,33)/b13-12-. The van der Waals surface area contributed by atoms with E-state index in [1.807, 2.05) is 0 Å². The van der Waals surface area contributed by atoms with Gasteiger partial charge in [0, 0.05) is 12.8 Å². The quantitative estimate of drug-likeness (QED) is 0.0701. The van der Waals surface area contributed by atoms with Gasteiger partial charge in [0.05, 0.1) is 0 Å². The van der Waals surface area contributed by atoms with E-state index >= 15 is 0 Å². The largest absolute Gasteiger partial charge is 0.481 e. The third-order valence-electron chi connectivity index (χ3n) is 6.74. The zero-order valence-electron chi connectivity index (χ0n) is 23.4. The SMILES string of the molecule is CCCCCC/C=C\CCCCCCCCC(=O)OC(CCCCCCCC)CCCCC(=O)O. The summed E-state index contributed by atoms with van der Waals surface area (Å²) in [5.41, 5.74) is 0. The van der Waals surface area contributed by atoms with E-state index in [0.29, 0.717) is 12.8 Å². The van der Waals surface area contributed by atoms with Crippen LogP contribution in [0.5, 0.6) is 0 Å². The molecule has 4 heteroatoms. The summed E-state index contributed by atoms with van der Waals surface area (Å²) < 4.78 is 5.80. The molecule has 0 saturated carbocycles. The summed E-state index contributed by atoms with van der Waals surface area (Å²) >= 11 is 0. The van der Waals surface area contributed by atoms with Gasteiger partial charge in [-0.15, -0.1) is 0 Å². The molecule has 0 aliphatic carbocycles. The fourth-order valence-corrected chi connectivity index (χ4v) is 4.47. The van der Waals surface area contributed by atoms with Gasteiger partial charge in [0.15, 0.2) is 0 Å². The van der Waals surface area contributed by atoms with Crippen molar-refractivity contribution in [3.63, 3.8) is 0 Å². The van der Waals surface area contributed by atoms with Crippen molar-refractivity contribution in [3.05, 3.63) is 12.2 Å². The maximum Gasteiger partial charge on any atom is 0.306 e. The van der Waals surface area contributed by atoms with Crippen LogP contribution in [0, 0.1) is 0 Å². The number of hydrogen-bond donors (Lipinski definition) is 1. The first kappa shape index (κ1) is 33.7. The summed E-state index contributed by atoms with van der Waals surface area (Å²) in [5, 5.41) is 8.84. The normalized spacial score (nSPS) is 12.3. The maximum absolute atomic E-state index is 12.4. The second-order valence-corrected chi connectivity index (χ2v) is 10.3. The van der Waals surface area contributed by atoms with Gasteiger partial charge in [-0.3, -0.25) is 9.59 Å². The number of allylic oxidation sites excluding steroid dienone is 2. The van der Waals surface area contributed by atoms with Crippen LogP contribution >= 0.6 is 0 Å². The van der Waals surface area contributed by atoms with Crippen LogP contribution in [-0.2, 0) is 14.3 Å². The molecule has 1 atom stereocenters. The molecule has 1 N–H and O–H groups in total. The summed E-state index contributed by atoms with van der Waals surface area (Å²) in [7, 11) is 0. The first-order valence-corrected chi connectivity index (χ1v) is 15.2. The summed E-state index contributed by atoms with van der Waals surface area (Å²) in [4.78, 5) is 23.1. The Kier molecular flexibility index (Phi) is 26.2. The van der Waals surface area contributed by atoms with Crippen LogP contribution in [0.25, 0.3) is 0 Å². The Morgan fingerprint density at radius 1 is 0.600 bits per heavy atom. The number of carbonyl (C=O) groups excluding carboxylic acids is 1. The Labute approximate surface area is 217 Å².